The van der Waals surface area contributed by atoms with Crippen molar-refractivity contribution in [2.75, 3.05) is 19.2 Å². The summed E-state index contributed by atoms with van der Waals surface area (Å²) in [6, 6.07) is 19.4. The molecule has 1 saturated carbocycles. The third kappa shape index (κ3) is 4.25. The van der Waals surface area contributed by atoms with E-state index in [0.717, 1.165) is 41.0 Å². The average Bonchev–Trinajstić information content (AvgIpc) is 3.53. The van der Waals surface area contributed by atoms with E-state index in [0.29, 0.717) is 11.3 Å². The molecule has 1 fully saturated rings. The summed E-state index contributed by atoms with van der Waals surface area (Å²) >= 11 is 0. The summed E-state index contributed by atoms with van der Waals surface area (Å²) < 4.78 is 10.9. The molecule has 2 N–H and O–H groups in total. The van der Waals surface area contributed by atoms with Gasteiger partial charge in [0.1, 0.15) is 0 Å². The van der Waals surface area contributed by atoms with Crippen molar-refractivity contribution in [2.45, 2.75) is 44.4 Å². The van der Waals surface area contributed by atoms with Crippen molar-refractivity contribution in [2.24, 2.45) is 0 Å². The quantitative estimate of drug-likeness (QED) is 0.503. The van der Waals surface area contributed by atoms with Crippen LogP contribution in [0.3, 0.4) is 0 Å². The molecule has 0 aromatic heterocycles. The Morgan fingerprint density at radius 3 is 2.29 bits per heavy atom. The van der Waals surface area contributed by atoms with E-state index in [9.17, 15) is 9.59 Å². The maximum Gasteiger partial charge on any atom is 0.251 e. The van der Waals surface area contributed by atoms with Gasteiger partial charge in [0, 0.05) is 19.7 Å². The van der Waals surface area contributed by atoms with Gasteiger partial charge in [-0.15, -0.1) is 0 Å². The van der Waals surface area contributed by atoms with Gasteiger partial charge in [-0.25, -0.2) is 0 Å². The zero-order valence-corrected chi connectivity index (χ0v) is 20.5. The summed E-state index contributed by atoms with van der Waals surface area (Å²) in [6.45, 7) is 6.72. The van der Waals surface area contributed by atoms with Crippen molar-refractivity contribution in [3.8, 4) is 22.6 Å². The SMILES string of the molecule is CNC(=O)c1ccc(-c2cc(NC(=O)C3(c4ccc5c(c4)OCO5)CC3)ccc2C(C)(C)C)cc1.[HH]. The highest BCUT2D eigenvalue weighted by molar-refractivity contribution is 6.02. The van der Waals surface area contributed by atoms with Crippen LogP contribution >= 0.6 is 0 Å². The highest BCUT2D eigenvalue weighted by atomic mass is 16.7. The van der Waals surface area contributed by atoms with Crippen LogP contribution in [0.1, 0.15) is 56.5 Å². The van der Waals surface area contributed by atoms with Crippen molar-refractivity contribution in [1.29, 1.82) is 0 Å². The lowest BCUT2D eigenvalue weighted by Gasteiger charge is -2.24. The number of rotatable bonds is 5. The fourth-order valence-electron chi connectivity index (χ4n) is 4.68. The average molecular weight is 473 g/mol. The van der Waals surface area contributed by atoms with Crippen molar-refractivity contribution in [1.82, 2.24) is 5.32 Å². The van der Waals surface area contributed by atoms with Gasteiger partial charge >= 0.3 is 0 Å². The number of anilines is 1. The van der Waals surface area contributed by atoms with Gasteiger partial charge in [0.05, 0.1) is 5.41 Å². The molecule has 0 unspecified atom stereocenters. The second-order valence-corrected chi connectivity index (χ2v) is 10.3. The third-order valence-electron chi connectivity index (χ3n) is 6.88. The number of benzene rings is 3. The summed E-state index contributed by atoms with van der Waals surface area (Å²) in [6.07, 6.45) is 1.60. The second kappa shape index (κ2) is 8.45. The first-order valence-corrected chi connectivity index (χ1v) is 11.9. The molecule has 1 aliphatic carbocycles. The molecule has 35 heavy (non-hydrogen) atoms. The fourth-order valence-corrected chi connectivity index (χ4v) is 4.68. The van der Waals surface area contributed by atoms with Crippen molar-refractivity contribution >= 4 is 17.5 Å². The number of hydrogen-bond acceptors (Lipinski definition) is 4. The number of carbonyl (C=O) groups is 2. The smallest absolute Gasteiger partial charge is 0.251 e. The van der Waals surface area contributed by atoms with Gasteiger partial charge in [0.25, 0.3) is 5.91 Å². The zero-order chi connectivity index (χ0) is 24.8. The third-order valence-corrected chi connectivity index (χ3v) is 6.88. The van der Waals surface area contributed by atoms with E-state index in [1.54, 1.807) is 7.05 Å². The maximum absolute atomic E-state index is 13.5. The number of amides is 2. The lowest BCUT2D eigenvalue weighted by atomic mass is 9.81. The van der Waals surface area contributed by atoms with Crippen LogP contribution in [0.4, 0.5) is 5.69 Å². The Hall–Kier alpha value is -3.80. The molecule has 3 aromatic rings. The van der Waals surface area contributed by atoms with Gasteiger partial charge in [-0.2, -0.15) is 0 Å². The molecular weight excluding hydrogens is 440 g/mol. The monoisotopic (exact) mass is 472 g/mol. The Morgan fingerprint density at radius 2 is 1.63 bits per heavy atom. The zero-order valence-electron chi connectivity index (χ0n) is 20.5. The maximum atomic E-state index is 13.5. The summed E-state index contributed by atoms with van der Waals surface area (Å²) in [7, 11) is 1.62. The van der Waals surface area contributed by atoms with Crippen molar-refractivity contribution < 1.29 is 20.5 Å². The number of ether oxygens (including phenoxy) is 2. The first-order chi connectivity index (χ1) is 16.7. The molecular formula is C29H32N2O4. The first-order valence-electron chi connectivity index (χ1n) is 11.9. The molecule has 6 heteroatoms. The molecule has 0 radical (unpaired) electrons. The molecule has 1 aliphatic heterocycles. The normalized spacial score (nSPS) is 15.4. The molecule has 3 aromatic carbocycles. The molecule has 0 saturated heterocycles. The lowest BCUT2D eigenvalue weighted by molar-refractivity contribution is -0.118. The van der Waals surface area contributed by atoms with E-state index in [1.807, 2.05) is 54.6 Å². The van der Waals surface area contributed by atoms with Crippen LogP contribution in [0.15, 0.2) is 60.7 Å². The highest BCUT2D eigenvalue weighted by Crippen LogP contribution is 2.51. The minimum Gasteiger partial charge on any atom is -0.454 e. The van der Waals surface area contributed by atoms with Gasteiger partial charge in [0.2, 0.25) is 12.7 Å². The summed E-state index contributed by atoms with van der Waals surface area (Å²) in [4.78, 5) is 25.4. The van der Waals surface area contributed by atoms with Crippen LogP contribution in [0.25, 0.3) is 11.1 Å². The van der Waals surface area contributed by atoms with E-state index < -0.39 is 5.41 Å². The van der Waals surface area contributed by atoms with Crippen LogP contribution in [-0.4, -0.2) is 25.7 Å². The number of fused-ring (bicyclic) bond motifs is 1. The molecule has 6 nitrogen and oxygen atoms in total. The lowest BCUT2D eigenvalue weighted by Crippen LogP contribution is -2.28. The fraction of sp³-hybridized carbons (Fsp3) is 0.310. The van der Waals surface area contributed by atoms with E-state index in [1.165, 1.54) is 5.56 Å². The van der Waals surface area contributed by atoms with Crippen LogP contribution in [0.5, 0.6) is 11.5 Å². The molecule has 2 amide bonds. The molecule has 2 aliphatic rings. The molecule has 0 spiro atoms. The van der Waals surface area contributed by atoms with Crippen molar-refractivity contribution in [3.63, 3.8) is 0 Å². The van der Waals surface area contributed by atoms with E-state index in [-0.39, 0.29) is 25.4 Å². The predicted octanol–water partition coefficient (Wildman–Crippen LogP) is 5.66. The Kier molecular flexibility index (Phi) is 5.55. The Labute approximate surface area is 207 Å². The number of carbonyl (C=O) groups excluding carboxylic acids is 2. The minimum absolute atomic E-state index is 0. The summed E-state index contributed by atoms with van der Waals surface area (Å²) in [5, 5.41) is 5.82. The molecule has 182 valence electrons. The van der Waals surface area contributed by atoms with Gasteiger partial charge in [-0.3, -0.25) is 9.59 Å². The van der Waals surface area contributed by atoms with E-state index >= 15 is 0 Å². The van der Waals surface area contributed by atoms with Gasteiger partial charge in [0.15, 0.2) is 11.5 Å². The topological polar surface area (TPSA) is 76.7 Å². The standard InChI is InChI=1S/C29H30N2O4.H2/c1-28(2,3)23-11-10-21(16-22(23)18-5-7-19(8-6-18)26(32)30-4)31-27(33)29(13-14-29)20-9-12-24-25(15-20)35-17-34-24;/h5-12,15-16H,13-14,17H2,1-4H3,(H,30,32)(H,31,33);1H. The molecule has 5 rings (SSSR count). The second-order valence-electron chi connectivity index (χ2n) is 10.3. The predicted molar refractivity (Wildman–Crippen MR) is 138 cm³/mol. The highest BCUT2D eigenvalue weighted by Gasteiger charge is 2.51. The summed E-state index contributed by atoms with van der Waals surface area (Å²) in [5.41, 5.74) is 4.87. The first kappa shape index (κ1) is 23.0. The van der Waals surface area contributed by atoms with E-state index in [2.05, 4.69) is 37.5 Å². The van der Waals surface area contributed by atoms with Crippen LogP contribution in [0, 0.1) is 0 Å². The van der Waals surface area contributed by atoms with Crippen LogP contribution in [-0.2, 0) is 15.6 Å². The Morgan fingerprint density at radius 1 is 0.914 bits per heavy atom. The Balaban J connectivity index is 0.00000304. The number of hydrogen-bond donors (Lipinski definition) is 2. The number of nitrogens with one attached hydrogen (secondary N) is 2. The van der Waals surface area contributed by atoms with Crippen LogP contribution < -0.4 is 20.1 Å². The largest absolute Gasteiger partial charge is 0.454 e. The van der Waals surface area contributed by atoms with Gasteiger partial charge < -0.3 is 20.1 Å². The minimum atomic E-state index is -0.543. The Bertz CT molecular complexity index is 1310. The van der Waals surface area contributed by atoms with Gasteiger partial charge in [-0.1, -0.05) is 45.0 Å². The molecule has 1 heterocycles. The van der Waals surface area contributed by atoms with Crippen molar-refractivity contribution in [3.05, 3.63) is 77.4 Å². The van der Waals surface area contributed by atoms with E-state index in [4.69, 9.17) is 9.47 Å². The summed E-state index contributed by atoms with van der Waals surface area (Å²) in [5.74, 6) is 1.28. The van der Waals surface area contributed by atoms with Gasteiger partial charge in [-0.05, 0) is 76.9 Å². The molecule has 0 atom stereocenters. The molecule has 0 bridgehead atoms. The van der Waals surface area contributed by atoms with Crippen LogP contribution in [0.2, 0.25) is 0 Å².